The molecule has 0 aliphatic carbocycles. The van der Waals surface area contributed by atoms with Crippen LogP contribution in [0.4, 0.5) is 0 Å². The van der Waals surface area contributed by atoms with Gasteiger partial charge in [0.2, 0.25) is 0 Å². The SMILES string of the molecule is COC(=O)c1cnc(-n2nnc3ccccc32)cn1. The molecule has 0 aliphatic heterocycles. The van der Waals surface area contributed by atoms with Gasteiger partial charge in [-0.25, -0.2) is 14.8 Å². The zero-order valence-corrected chi connectivity index (χ0v) is 10.0. The first-order valence-corrected chi connectivity index (χ1v) is 5.51. The Morgan fingerprint density at radius 1 is 1.21 bits per heavy atom. The monoisotopic (exact) mass is 255 g/mol. The molecule has 1 aromatic carbocycles. The van der Waals surface area contributed by atoms with Crippen molar-refractivity contribution < 1.29 is 9.53 Å². The molecule has 0 saturated heterocycles. The molecule has 0 aliphatic rings. The Hall–Kier alpha value is -2.83. The van der Waals surface area contributed by atoms with Gasteiger partial charge in [-0.2, -0.15) is 4.68 Å². The van der Waals surface area contributed by atoms with E-state index in [1.54, 1.807) is 4.68 Å². The molecule has 7 heteroatoms. The van der Waals surface area contributed by atoms with Crippen LogP contribution >= 0.6 is 0 Å². The van der Waals surface area contributed by atoms with E-state index in [-0.39, 0.29) is 5.69 Å². The minimum atomic E-state index is -0.525. The van der Waals surface area contributed by atoms with Gasteiger partial charge in [-0.15, -0.1) is 5.10 Å². The summed E-state index contributed by atoms with van der Waals surface area (Å²) in [6.45, 7) is 0. The molecule has 0 N–H and O–H groups in total. The van der Waals surface area contributed by atoms with E-state index in [2.05, 4.69) is 25.0 Å². The first-order chi connectivity index (χ1) is 9.29. The molecule has 0 unspecified atom stereocenters. The molecule has 19 heavy (non-hydrogen) atoms. The number of ether oxygens (including phenoxy) is 1. The summed E-state index contributed by atoms with van der Waals surface area (Å²) in [4.78, 5) is 19.4. The Bertz CT molecular complexity index is 735. The lowest BCUT2D eigenvalue weighted by Gasteiger charge is -2.01. The number of para-hydroxylation sites is 1. The predicted molar refractivity (Wildman–Crippen MR) is 65.8 cm³/mol. The number of methoxy groups -OCH3 is 1. The van der Waals surface area contributed by atoms with Gasteiger partial charge in [0, 0.05) is 0 Å². The highest BCUT2D eigenvalue weighted by Crippen LogP contribution is 2.13. The van der Waals surface area contributed by atoms with Gasteiger partial charge in [0.1, 0.15) is 5.52 Å². The molecule has 94 valence electrons. The highest BCUT2D eigenvalue weighted by molar-refractivity contribution is 5.86. The maximum absolute atomic E-state index is 11.3. The second kappa shape index (κ2) is 4.45. The summed E-state index contributed by atoms with van der Waals surface area (Å²) in [6, 6.07) is 7.51. The summed E-state index contributed by atoms with van der Waals surface area (Å²) in [6.07, 6.45) is 2.80. The molecule has 0 amide bonds. The van der Waals surface area contributed by atoms with Crippen LogP contribution in [0.5, 0.6) is 0 Å². The molecule has 2 aromatic heterocycles. The lowest BCUT2D eigenvalue weighted by molar-refractivity contribution is 0.0593. The second-order valence-corrected chi connectivity index (χ2v) is 3.74. The van der Waals surface area contributed by atoms with Gasteiger partial charge in [-0.05, 0) is 12.1 Å². The van der Waals surface area contributed by atoms with Crippen LogP contribution < -0.4 is 0 Å². The van der Waals surface area contributed by atoms with Gasteiger partial charge in [-0.3, -0.25) is 0 Å². The number of hydrogen-bond donors (Lipinski definition) is 0. The van der Waals surface area contributed by atoms with Crippen LogP contribution in [0, 0.1) is 0 Å². The number of nitrogens with zero attached hydrogens (tertiary/aromatic N) is 5. The molecule has 0 bridgehead atoms. The van der Waals surface area contributed by atoms with Crippen LogP contribution in [-0.2, 0) is 4.74 Å². The van der Waals surface area contributed by atoms with Crippen LogP contribution in [-0.4, -0.2) is 38.0 Å². The number of benzene rings is 1. The maximum Gasteiger partial charge on any atom is 0.358 e. The van der Waals surface area contributed by atoms with Crippen LogP contribution in [0.3, 0.4) is 0 Å². The third kappa shape index (κ3) is 1.90. The smallest absolute Gasteiger partial charge is 0.358 e. The number of esters is 1. The van der Waals surface area contributed by atoms with E-state index in [0.29, 0.717) is 5.82 Å². The number of carbonyl (C=O) groups excluding carboxylic acids is 1. The molecule has 7 nitrogen and oxygen atoms in total. The fourth-order valence-electron chi connectivity index (χ4n) is 1.68. The van der Waals surface area contributed by atoms with Crippen molar-refractivity contribution >= 4 is 17.0 Å². The second-order valence-electron chi connectivity index (χ2n) is 3.74. The minimum absolute atomic E-state index is 0.149. The Morgan fingerprint density at radius 2 is 2.05 bits per heavy atom. The van der Waals surface area contributed by atoms with Crippen molar-refractivity contribution in [3.63, 3.8) is 0 Å². The number of carbonyl (C=O) groups is 1. The fourth-order valence-corrected chi connectivity index (χ4v) is 1.68. The molecular weight excluding hydrogens is 246 g/mol. The first kappa shape index (κ1) is 11.3. The molecule has 3 rings (SSSR count). The van der Waals surface area contributed by atoms with Crippen molar-refractivity contribution in [2.24, 2.45) is 0 Å². The lowest BCUT2D eigenvalue weighted by Crippen LogP contribution is -2.07. The average Bonchev–Trinajstić information content (AvgIpc) is 2.90. The van der Waals surface area contributed by atoms with Crippen LogP contribution in [0.25, 0.3) is 16.9 Å². The number of rotatable bonds is 2. The summed E-state index contributed by atoms with van der Waals surface area (Å²) in [5.74, 6) is -0.0381. The molecule has 0 saturated carbocycles. The zero-order chi connectivity index (χ0) is 13.2. The molecule has 2 heterocycles. The van der Waals surface area contributed by atoms with E-state index in [1.807, 2.05) is 24.3 Å². The summed E-state index contributed by atoms with van der Waals surface area (Å²) in [5, 5.41) is 8.03. The summed E-state index contributed by atoms with van der Waals surface area (Å²) < 4.78 is 6.12. The van der Waals surface area contributed by atoms with Gasteiger partial charge >= 0.3 is 5.97 Å². The van der Waals surface area contributed by atoms with Crippen LogP contribution in [0.1, 0.15) is 10.5 Å². The van der Waals surface area contributed by atoms with Crippen LogP contribution in [0.15, 0.2) is 36.7 Å². The van der Waals surface area contributed by atoms with Crippen molar-refractivity contribution in [3.05, 3.63) is 42.4 Å². The Morgan fingerprint density at radius 3 is 2.79 bits per heavy atom. The van der Waals surface area contributed by atoms with E-state index in [1.165, 1.54) is 19.5 Å². The topological polar surface area (TPSA) is 82.8 Å². The molecule has 3 aromatic rings. The predicted octanol–water partition coefficient (Wildman–Crippen LogP) is 0.997. The van der Waals surface area contributed by atoms with Crippen molar-refractivity contribution in [1.29, 1.82) is 0 Å². The van der Waals surface area contributed by atoms with Gasteiger partial charge in [-0.1, -0.05) is 17.3 Å². The van der Waals surface area contributed by atoms with Crippen molar-refractivity contribution in [3.8, 4) is 5.82 Å². The van der Waals surface area contributed by atoms with E-state index in [4.69, 9.17) is 0 Å². The standard InChI is InChI=1S/C12H9N5O2/c1-19-12(18)9-6-14-11(7-13-9)17-10-5-3-2-4-8(10)15-16-17/h2-7H,1H3. The zero-order valence-electron chi connectivity index (χ0n) is 10.0. The van der Waals surface area contributed by atoms with Crippen LogP contribution in [0.2, 0.25) is 0 Å². The summed E-state index contributed by atoms with van der Waals surface area (Å²) >= 11 is 0. The Labute approximate surface area is 107 Å². The Balaban J connectivity index is 2.05. The summed E-state index contributed by atoms with van der Waals surface area (Å²) in [5.41, 5.74) is 1.74. The molecule has 0 atom stereocenters. The number of fused-ring (bicyclic) bond motifs is 1. The highest BCUT2D eigenvalue weighted by atomic mass is 16.5. The van der Waals surface area contributed by atoms with E-state index in [9.17, 15) is 4.79 Å². The van der Waals surface area contributed by atoms with E-state index in [0.717, 1.165) is 11.0 Å². The molecule has 0 radical (unpaired) electrons. The maximum atomic E-state index is 11.3. The largest absolute Gasteiger partial charge is 0.464 e. The number of aromatic nitrogens is 5. The Kier molecular flexibility index (Phi) is 2.64. The average molecular weight is 255 g/mol. The normalized spacial score (nSPS) is 10.6. The molecule has 0 fully saturated rings. The van der Waals surface area contributed by atoms with Gasteiger partial charge in [0.05, 0.1) is 25.0 Å². The quantitative estimate of drug-likeness (QED) is 0.635. The third-order valence-corrected chi connectivity index (χ3v) is 2.60. The third-order valence-electron chi connectivity index (χ3n) is 2.60. The van der Waals surface area contributed by atoms with Crippen molar-refractivity contribution in [2.75, 3.05) is 7.11 Å². The number of hydrogen-bond acceptors (Lipinski definition) is 6. The fraction of sp³-hybridized carbons (Fsp3) is 0.0833. The van der Waals surface area contributed by atoms with Crippen molar-refractivity contribution in [2.45, 2.75) is 0 Å². The first-order valence-electron chi connectivity index (χ1n) is 5.51. The van der Waals surface area contributed by atoms with Gasteiger partial charge < -0.3 is 4.74 Å². The minimum Gasteiger partial charge on any atom is -0.464 e. The van der Waals surface area contributed by atoms with Crippen molar-refractivity contribution in [1.82, 2.24) is 25.0 Å². The van der Waals surface area contributed by atoms with E-state index >= 15 is 0 Å². The highest BCUT2D eigenvalue weighted by Gasteiger charge is 2.10. The van der Waals surface area contributed by atoms with E-state index < -0.39 is 5.97 Å². The molecular formula is C12H9N5O2. The van der Waals surface area contributed by atoms with Gasteiger partial charge in [0.15, 0.2) is 11.5 Å². The molecule has 0 spiro atoms. The van der Waals surface area contributed by atoms with Gasteiger partial charge in [0.25, 0.3) is 0 Å². The summed E-state index contributed by atoms with van der Waals surface area (Å²) in [7, 11) is 1.29. The lowest BCUT2D eigenvalue weighted by atomic mass is 10.3.